The van der Waals surface area contributed by atoms with Crippen LogP contribution >= 0.6 is 0 Å². The molecule has 1 amide bonds. The fourth-order valence-corrected chi connectivity index (χ4v) is 2.59. The second kappa shape index (κ2) is 8.18. The first-order valence-corrected chi connectivity index (χ1v) is 7.74. The smallest absolute Gasteiger partial charge is 0.230 e. The molecule has 3 heteroatoms. The van der Waals surface area contributed by atoms with Crippen molar-refractivity contribution in [3.63, 3.8) is 0 Å². The second-order valence-corrected chi connectivity index (χ2v) is 5.45. The lowest BCUT2D eigenvalue weighted by Gasteiger charge is -2.25. The number of ether oxygens (including phenoxy) is 1. The molecule has 1 atom stereocenters. The molecule has 3 nitrogen and oxygen atoms in total. The highest BCUT2D eigenvalue weighted by molar-refractivity contribution is 5.83. The average Bonchev–Trinajstić information content (AvgIpc) is 2.61. The van der Waals surface area contributed by atoms with E-state index in [4.69, 9.17) is 4.74 Å². The van der Waals surface area contributed by atoms with Gasteiger partial charge in [-0.2, -0.15) is 0 Å². The summed E-state index contributed by atoms with van der Waals surface area (Å²) >= 11 is 0. The van der Waals surface area contributed by atoms with Gasteiger partial charge in [0.05, 0.1) is 13.0 Å². The van der Waals surface area contributed by atoms with Crippen LogP contribution in [0.15, 0.2) is 67.3 Å². The number of nitrogens with zero attached hydrogens (tertiary/aromatic N) is 1. The van der Waals surface area contributed by atoms with E-state index in [1.54, 1.807) is 13.2 Å². The van der Waals surface area contributed by atoms with Crippen molar-refractivity contribution in [3.8, 4) is 5.75 Å². The van der Waals surface area contributed by atoms with E-state index in [1.807, 2.05) is 66.4 Å². The fourth-order valence-electron chi connectivity index (χ4n) is 2.59. The number of rotatable bonds is 7. The lowest BCUT2D eigenvalue weighted by Crippen LogP contribution is -2.34. The summed E-state index contributed by atoms with van der Waals surface area (Å²) < 4.78 is 5.39. The van der Waals surface area contributed by atoms with Gasteiger partial charge in [-0.05, 0) is 18.6 Å². The number of methoxy groups -OCH3 is 1. The maximum absolute atomic E-state index is 12.9. The number of carbonyl (C=O) groups is 1. The molecule has 0 fully saturated rings. The maximum atomic E-state index is 12.9. The van der Waals surface area contributed by atoms with Crippen LogP contribution in [0.2, 0.25) is 0 Å². The normalized spacial score (nSPS) is 11.6. The molecule has 0 aliphatic rings. The van der Waals surface area contributed by atoms with Gasteiger partial charge in [0.1, 0.15) is 5.75 Å². The van der Waals surface area contributed by atoms with Gasteiger partial charge in [0.15, 0.2) is 0 Å². The molecular formula is C20H23NO2. The maximum Gasteiger partial charge on any atom is 0.230 e. The van der Waals surface area contributed by atoms with E-state index >= 15 is 0 Å². The van der Waals surface area contributed by atoms with E-state index in [0.29, 0.717) is 13.1 Å². The lowest BCUT2D eigenvalue weighted by atomic mass is 9.99. The molecule has 0 aromatic heterocycles. The van der Waals surface area contributed by atoms with Crippen LogP contribution in [0, 0.1) is 0 Å². The molecule has 0 unspecified atom stereocenters. The van der Waals surface area contributed by atoms with Crippen LogP contribution in [0.4, 0.5) is 0 Å². The Labute approximate surface area is 138 Å². The summed E-state index contributed by atoms with van der Waals surface area (Å²) in [5.74, 6) is 0.689. The predicted octanol–water partition coefficient (Wildman–Crippen LogP) is 4.01. The standard InChI is InChI=1S/C20H23NO2/c1-4-14-21(15-18-12-8-9-13-19(18)23-3)20(22)16(2)17-10-6-5-7-11-17/h4-13,16H,1,14-15H2,2-3H3/t16-/m0/s1. The SMILES string of the molecule is C=CCN(Cc1ccccc1OC)C(=O)[C@@H](C)c1ccccc1. The van der Waals surface area contributed by atoms with Gasteiger partial charge in [-0.3, -0.25) is 4.79 Å². The van der Waals surface area contributed by atoms with Crippen molar-refractivity contribution in [2.24, 2.45) is 0 Å². The highest BCUT2D eigenvalue weighted by Crippen LogP contribution is 2.23. The molecule has 2 aromatic rings. The van der Waals surface area contributed by atoms with E-state index in [2.05, 4.69) is 6.58 Å². The lowest BCUT2D eigenvalue weighted by molar-refractivity contribution is -0.132. The number of hydrogen-bond donors (Lipinski definition) is 0. The molecule has 0 aliphatic heterocycles. The van der Waals surface area contributed by atoms with Crippen LogP contribution in [0.3, 0.4) is 0 Å². The minimum atomic E-state index is -0.189. The third-order valence-corrected chi connectivity index (χ3v) is 3.88. The van der Waals surface area contributed by atoms with Crippen LogP contribution < -0.4 is 4.74 Å². The molecule has 0 radical (unpaired) electrons. The molecule has 0 saturated heterocycles. The first kappa shape index (κ1) is 16.8. The van der Waals surface area contributed by atoms with Gasteiger partial charge in [0.25, 0.3) is 0 Å². The molecule has 23 heavy (non-hydrogen) atoms. The van der Waals surface area contributed by atoms with Gasteiger partial charge in [0.2, 0.25) is 5.91 Å². The molecule has 2 rings (SSSR count). The minimum Gasteiger partial charge on any atom is -0.496 e. The molecule has 0 heterocycles. The van der Waals surface area contributed by atoms with Crippen molar-refractivity contribution >= 4 is 5.91 Å². The van der Waals surface area contributed by atoms with Crippen molar-refractivity contribution in [2.45, 2.75) is 19.4 Å². The Balaban J connectivity index is 2.20. The Morgan fingerprint density at radius 3 is 2.48 bits per heavy atom. The Morgan fingerprint density at radius 1 is 1.17 bits per heavy atom. The molecule has 0 N–H and O–H groups in total. The number of hydrogen-bond acceptors (Lipinski definition) is 2. The first-order chi connectivity index (χ1) is 11.2. The molecule has 0 bridgehead atoms. The summed E-state index contributed by atoms with van der Waals surface area (Å²) in [6.45, 7) is 6.73. The molecular weight excluding hydrogens is 286 g/mol. The number of benzene rings is 2. The van der Waals surface area contributed by atoms with Crippen molar-refractivity contribution in [3.05, 3.63) is 78.4 Å². The zero-order valence-electron chi connectivity index (χ0n) is 13.7. The van der Waals surface area contributed by atoms with E-state index in [1.165, 1.54) is 0 Å². The molecule has 0 saturated carbocycles. The van der Waals surface area contributed by atoms with Crippen LogP contribution in [0.25, 0.3) is 0 Å². The van der Waals surface area contributed by atoms with Crippen molar-refractivity contribution in [2.75, 3.05) is 13.7 Å². The van der Waals surface area contributed by atoms with E-state index < -0.39 is 0 Å². The average molecular weight is 309 g/mol. The van der Waals surface area contributed by atoms with Crippen LogP contribution in [0.5, 0.6) is 5.75 Å². The third-order valence-electron chi connectivity index (χ3n) is 3.88. The summed E-state index contributed by atoms with van der Waals surface area (Å²) in [6, 6.07) is 17.6. The van der Waals surface area contributed by atoms with Crippen molar-refractivity contribution < 1.29 is 9.53 Å². The van der Waals surface area contributed by atoms with E-state index in [0.717, 1.165) is 16.9 Å². The Hall–Kier alpha value is -2.55. The van der Waals surface area contributed by atoms with Gasteiger partial charge >= 0.3 is 0 Å². The minimum absolute atomic E-state index is 0.0852. The summed E-state index contributed by atoms with van der Waals surface area (Å²) in [5.41, 5.74) is 2.01. The van der Waals surface area contributed by atoms with E-state index in [9.17, 15) is 4.79 Å². The van der Waals surface area contributed by atoms with E-state index in [-0.39, 0.29) is 11.8 Å². The Morgan fingerprint density at radius 2 is 1.83 bits per heavy atom. The zero-order valence-corrected chi connectivity index (χ0v) is 13.7. The molecule has 2 aromatic carbocycles. The highest BCUT2D eigenvalue weighted by atomic mass is 16.5. The van der Waals surface area contributed by atoms with Gasteiger partial charge in [-0.25, -0.2) is 0 Å². The third kappa shape index (κ3) is 4.22. The second-order valence-electron chi connectivity index (χ2n) is 5.45. The zero-order chi connectivity index (χ0) is 16.7. The summed E-state index contributed by atoms with van der Waals surface area (Å²) in [5, 5.41) is 0. The van der Waals surface area contributed by atoms with Crippen molar-refractivity contribution in [1.82, 2.24) is 4.90 Å². The molecule has 0 aliphatic carbocycles. The molecule has 120 valence electrons. The number of carbonyl (C=O) groups excluding carboxylic acids is 1. The summed E-state index contributed by atoms with van der Waals surface area (Å²) in [4.78, 5) is 14.7. The monoisotopic (exact) mass is 309 g/mol. The fraction of sp³-hybridized carbons (Fsp3) is 0.250. The van der Waals surface area contributed by atoms with Gasteiger partial charge < -0.3 is 9.64 Å². The van der Waals surface area contributed by atoms with Crippen LogP contribution in [0.1, 0.15) is 24.0 Å². The predicted molar refractivity (Wildman–Crippen MR) is 93.5 cm³/mol. The Kier molecular flexibility index (Phi) is 5.98. The largest absolute Gasteiger partial charge is 0.496 e. The molecule has 0 spiro atoms. The summed E-state index contributed by atoms with van der Waals surface area (Å²) in [7, 11) is 1.64. The topological polar surface area (TPSA) is 29.5 Å². The van der Waals surface area contributed by atoms with Gasteiger partial charge in [-0.15, -0.1) is 6.58 Å². The van der Waals surface area contributed by atoms with Crippen LogP contribution in [-0.2, 0) is 11.3 Å². The van der Waals surface area contributed by atoms with Crippen molar-refractivity contribution in [1.29, 1.82) is 0 Å². The van der Waals surface area contributed by atoms with Gasteiger partial charge in [0, 0.05) is 18.7 Å². The highest BCUT2D eigenvalue weighted by Gasteiger charge is 2.22. The van der Waals surface area contributed by atoms with Gasteiger partial charge in [-0.1, -0.05) is 54.6 Å². The summed E-state index contributed by atoms with van der Waals surface area (Å²) in [6.07, 6.45) is 1.75. The van der Waals surface area contributed by atoms with Crippen LogP contribution in [-0.4, -0.2) is 24.5 Å². The quantitative estimate of drug-likeness (QED) is 0.723. The number of amides is 1. The Bertz CT molecular complexity index is 652. The first-order valence-electron chi connectivity index (χ1n) is 7.74. The number of para-hydroxylation sites is 1.